The summed E-state index contributed by atoms with van der Waals surface area (Å²) in [6.45, 7) is 4.09. The Balaban J connectivity index is 1.76. The van der Waals surface area contributed by atoms with Crippen molar-refractivity contribution in [2.75, 3.05) is 12.4 Å². The Labute approximate surface area is 126 Å². The number of hydrogen-bond acceptors (Lipinski definition) is 3. The number of rotatable bonds is 3. The van der Waals surface area contributed by atoms with E-state index in [-0.39, 0.29) is 0 Å². The third-order valence-electron chi connectivity index (χ3n) is 4.23. The van der Waals surface area contributed by atoms with Crippen LogP contribution in [0.15, 0.2) is 30.3 Å². The van der Waals surface area contributed by atoms with Gasteiger partial charge in [0.1, 0.15) is 5.75 Å². The van der Waals surface area contributed by atoms with E-state index >= 15 is 0 Å². The summed E-state index contributed by atoms with van der Waals surface area (Å²) in [6, 6.07) is 11.1. The summed E-state index contributed by atoms with van der Waals surface area (Å²) in [7, 11) is 1.72. The molecule has 1 heterocycles. The second-order valence-electron chi connectivity index (χ2n) is 5.80. The summed E-state index contributed by atoms with van der Waals surface area (Å²) in [6.07, 6.45) is 3.32. The molecule has 21 heavy (non-hydrogen) atoms. The van der Waals surface area contributed by atoms with Crippen molar-refractivity contribution in [1.82, 2.24) is 4.98 Å². The Morgan fingerprint density at radius 2 is 2.00 bits per heavy atom. The quantitative estimate of drug-likeness (QED) is 0.932. The zero-order chi connectivity index (χ0) is 14.8. The lowest BCUT2D eigenvalue weighted by Gasteiger charge is -2.27. The monoisotopic (exact) mass is 282 g/mol. The van der Waals surface area contributed by atoms with Crippen molar-refractivity contribution >= 4 is 5.69 Å². The van der Waals surface area contributed by atoms with Crippen molar-refractivity contribution < 1.29 is 4.74 Å². The number of anilines is 1. The lowest BCUT2D eigenvalue weighted by molar-refractivity contribution is 0.413. The second-order valence-corrected chi connectivity index (χ2v) is 5.80. The molecule has 0 radical (unpaired) electrons. The maximum atomic E-state index is 5.34. The van der Waals surface area contributed by atoms with E-state index in [1.54, 1.807) is 7.11 Å². The van der Waals surface area contributed by atoms with E-state index in [9.17, 15) is 0 Å². The van der Waals surface area contributed by atoms with E-state index in [4.69, 9.17) is 4.74 Å². The first-order chi connectivity index (χ1) is 10.2. The zero-order valence-electron chi connectivity index (χ0n) is 12.9. The number of ether oxygens (including phenoxy) is 1. The minimum Gasteiger partial charge on any atom is -0.497 e. The summed E-state index contributed by atoms with van der Waals surface area (Å²) in [5, 5.41) is 3.65. The van der Waals surface area contributed by atoms with Gasteiger partial charge in [0.05, 0.1) is 18.5 Å². The average molecular weight is 282 g/mol. The molecule has 3 nitrogen and oxygen atoms in total. The molecule has 3 rings (SSSR count). The minimum absolute atomic E-state index is 0.466. The number of fused-ring (bicyclic) bond motifs is 1. The Kier molecular flexibility index (Phi) is 3.82. The largest absolute Gasteiger partial charge is 0.497 e. The molecule has 1 aliphatic rings. The molecule has 1 aliphatic carbocycles. The smallest absolute Gasteiger partial charge is 0.119 e. The molecule has 3 heteroatoms. The molecule has 0 spiro atoms. The third-order valence-corrected chi connectivity index (χ3v) is 4.23. The topological polar surface area (TPSA) is 34.1 Å². The van der Waals surface area contributed by atoms with Crippen LogP contribution < -0.4 is 10.1 Å². The van der Waals surface area contributed by atoms with Crippen molar-refractivity contribution in [3.05, 3.63) is 52.8 Å². The number of aryl methyl sites for hydroxylation is 3. The van der Waals surface area contributed by atoms with Gasteiger partial charge >= 0.3 is 0 Å². The van der Waals surface area contributed by atoms with Crippen molar-refractivity contribution in [2.45, 2.75) is 39.2 Å². The molecule has 1 atom stereocenters. The summed E-state index contributed by atoms with van der Waals surface area (Å²) >= 11 is 0. The van der Waals surface area contributed by atoms with E-state index in [0.717, 1.165) is 42.1 Å². The number of hydrogen-bond donors (Lipinski definition) is 1. The van der Waals surface area contributed by atoms with Gasteiger partial charge in [-0.05, 0) is 68.5 Å². The van der Waals surface area contributed by atoms with E-state index in [0.29, 0.717) is 6.04 Å². The second kappa shape index (κ2) is 5.76. The predicted octanol–water partition coefficient (Wildman–Crippen LogP) is 3.68. The summed E-state index contributed by atoms with van der Waals surface area (Å²) in [4.78, 5) is 4.53. The highest BCUT2D eigenvalue weighted by atomic mass is 16.5. The Hall–Kier alpha value is -2.03. The molecular formula is C18H22N2O. The van der Waals surface area contributed by atoms with Crippen molar-refractivity contribution in [2.24, 2.45) is 0 Å². The van der Waals surface area contributed by atoms with Gasteiger partial charge < -0.3 is 10.1 Å². The van der Waals surface area contributed by atoms with Crippen molar-refractivity contribution in [3.8, 4) is 5.75 Å². The molecule has 1 N–H and O–H groups in total. The molecule has 0 saturated heterocycles. The fourth-order valence-electron chi connectivity index (χ4n) is 3.04. The van der Waals surface area contributed by atoms with Crippen molar-refractivity contribution in [3.63, 3.8) is 0 Å². The lowest BCUT2D eigenvalue weighted by atomic mass is 9.88. The van der Waals surface area contributed by atoms with Crippen LogP contribution in [0.3, 0.4) is 0 Å². The fraction of sp³-hybridized carbons (Fsp3) is 0.389. The maximum absolute atomic E-state index is 5.34. The van der Waals surface area contributed by atoms with E-state index in [1.165, 1.54) is 11.1 Å². The summed E-state index contributed by atoms with van der Waals surface area (Å²) in [5.74, 6) is 0.947. The van der Waals surface area contributed by atoms with Gasteiger partial charge in [0.25, 0.3) is 0 Å². The van der Waals surface area contributed by atoms with Gasteiger partial charge in [-0.1, -0.05) is 6.07 Å². The average Bonchev–Trinajstić information content (AvgIpc) is 2.49. The number of nitrogens with one attached hydrogen (secondary N) is 1. The number of benzene rings is 1. The Morgan fingerprint density at radius 3 is 2.76 bits per heavy atom. The van der Waals surface area contributed by atoms with E-state index in [1.807, 2.05) is 6.92 Å². The first-order valence-electron chi connectivity index (χ1n) is 7.52. The molecule has 0 bridgehead atoms. The molecule has 0 aliphatic heterocycles. The minimum atomic E-state index is 0.466. The molecule has 2 aromatic rings. The maximum Gasteiger partial charge on any atom is 0.119 e. The fourth-order valence-corrected chi connectivity index (χ4v) is 3.04. The predicted molar refractivity (Wildman–Crippen MR) is 86.1 cm³/mol. The van der Waals surface area contributed by atoms with Gasteiger partial charge in [0, 0.05) is 11.7 Å². The highest BCUT2D eigenvalue weighted by Gasteiger charge is 2.19. The van der Waals surface area contributed by atoms with Gasteiger partial charge in [-0.3, -0.25) is 4.98 Å². The molecule has 1 aromatic heterocycles. The van der Waals surface area contributed by atoms with Gasteiger partial charge in [-0.2, -0.15) is 0 Å². The number of nitrogens with zero attached hydrogens (tertiary/aromatic N) is 1. The molecule has 1 unspecified atom stereocenters. The van der Waals surface area contributed by atoms with Gasteiger partial charge in [0.15, 0.2) is 0 Å². The van der Waals surface area contributed by atoms with Crippen LogP contribution in [0.25, 0.3) is 0 Å². The van der Waals surface area contributed by atoms with Crippen molar-refractivity contribution in [1.29, 1.82) is 0 Å². The first-order valence-corrected chi connectivity index (χ1v) is 7.52. The van der Waals surface area contributed by atoms with Gasteiger partial charge in [-0.15, -0.1) is 0 Å². The number of methoxy groups -OCH3 is 1. The molecule has 0 fully saturated rings. The van der Waals surface area contributed by atoms with Crippen LogP contribution >= 0.6 is 0 Å². The Morgan fingerprint density at radius 1 is 1.14 bits per heavy atom. The number of pyridine rings is 1. The standard InChI is InChI=1S/C18H22N2O/c1-12-4-9-18(13(2)19-12)20-16-7-5-14-6-8-17(21-3)11-15(14)10-16/h4,6,8-9,11,16,20H,5,7,10H2,1-3H3. The zero-order valence-corrected chi connectivity index (χ0v) is 12.9. The lowest BCUT2D eigenvalue weighted by Crippen LogP contribution is -2.27. The van der Waals surface area contributed by atoms with Gasteiger partial charge in [0.2, 0.25) is 0 Å². The third kappa shape index (κ3) is 3.02. The first kappa shape index (κ1) is 13.9. The van der Waals surface area contributed by atoms with Crippen LogP contribution in [0.2, 0.25) is 0 Å². The molecule has 0 amide bonds. The van der Waals surface area contributed by atoms with Crippen LogP contribution in [-0.4, -0.2) is 18.1 Å². The molecular weight excluding hydrogens is 260 g/mol. The van der Waals surface area contributed by atoms with Crippen LogP contribution in [-0.2, 0) is 12.8 Å². The molecule has 0 saturated carbocycles. The summed E-state index contributed by atoms with van der Waals surface area (Å²) in [5.41, 5.74) is 6.14. The highest BCUT2D eigenvalue weighted by Crippen LogP contribution is 2.27. The molecule has 1 aromatic carbocycles. The highest BCUT2D eigenvalue weighted by molar-refractivity contribution is 5.49. The Bertz CT molecular complexity index is 652. The van der Waals surface area contributed by atoms with E-state index < -0.39 is 0 Å². The van der Waals surface area contributed by atoms with Crippen LogP contribution in [0, 0.1) is 13.8 Å². The SMILES string of the molecule is COc1ccc2c(c1)CC(Nc1ccc(C)nc1C)CC2. The van der Waals surface area contributed by atoms with Crippen LogP contribution in [0.5, 0.6) is 5.75 Å². The van der Waals surface area contributed by atoms with Gasteiger partial charge in [-0.25, -0.2) is 0 Å². The van der Waals surface area contributed by atoms with Crippen LogP contribution in [0.4, 0.5) is 5.69 Å². The van der Waals surface area contributed by atoms with E-state index in [2.05, 4.69) is 47.6 Å². The van der Waals surface area contributed by atoms with Crippen LogP contribution in [0.1, 0.15) is 28.9 Å². The molecule has 110 valence electrons. The number of aromatic nitrogens is 1. The normalized spacial score (nSPS) is 17.2. The summed E-state index contributed by atoms with van der Waals surface area (Å²) < 4.78 is 5.34.